The lowest BCUT2D eigenvalue weighted by atomic mass is 9.78. The Morgan fingerprint density at radius 1 is 1.10 bits per heavy atom. The van der Waals surface area contributed by atoms with Crippen LogP contribution in [0.4, 0.5) is 5.69 Å². The summed E-state index contributed by atoms with van der Waals surface area (Å²) in [6.45, 7) is 0.450. The standard InChI is InChI=1S/C16H18N2O2S/c17-16-8-4-2-6-13(16)11-21(19,20)18-10-14-9-12-5-1-3-7-15(12)14/h1-8,14,18H,9-11,17H2. The maximum absolute atomic E-state index is 12.1. The average Bonchev–Trinajstić information content (AvgIpc) is 2.42. The van der Waals surface area contributed by atoms with Crippen LogP contribution in [-0.2, 0) is 22.2 Å². The first-order chi connectivity index (χ1) is 10.1. The molecule has 3 rings (SSSR count). The second-order valence-electron chi connectivity index (χ2n) is 5.41. The van der Waals surface area contributed by atoms with Gasteiger partial charge in [-0.05, 0) is 29.2 Å². The number of benzene rings is 2. The summed E-state index contributed by atoms with van der Waals surface area (Å²) >= 11 is 0. The van der Waals surface area contributed by atoms with Gasteiger partial charge in [0.1, 0.15) is 0 Å². The molecule has 0 fully saturated rings. The number of anilines is 1. The van der Waals surface area contributed by atoms with Crippen LogP contribution < -0.4 is 10.5 Å². The molecule has 1 unspecified atom stereocenters. The minimum Gasteiger partial charge on any atom is -0.398 e. The molecule has 0 spiro atoms. The highest BCUT2D eigenvalue weighted by molar-refractivity contribution is 7.88. The SMILES string of the molecule is Nc1ccccc1CS(=O)(=O)NCC1Cc2ccccc21. The summed E-state index contributed by atoms with van der Waals surface area (Å²) in [5, 5.41) is 0. The molecule has 0 saturated heterocycles. The molecule has 2 aromatic rings. The molecule has 0 aromatic heterocycles. The van der Waals surface area contributed by atoms with Gasteiger partial charge in [-0.2, -0.15) is 0 Å². The molecular formula is C16H18N2O2S. The molecule has 0 amide bonds. The highest BCUT2D eigenvalue weighted by atomic mass is 32.2. The fraction of sp³-hybridized carbons (Fsp3) is 0.250. The second kappa shape index (κ2) is 5.50. The fourth-order valence-corrected chi connectivity index (χ4v) is 3.92. The Morgan fingerprint density at radius 2 is 1.81 bits per heavy atom. The molecule has 3 N–H and O–H groups in total. The summed E-state index contributed by atoms with van der Waals surface area (Å²) in [5.74, 6) is 0.206. The second-order valence-corrected chi connectivity index (χ2v) is 7.21. The minimum absolute atomic E-state index is 0.0754. The molecule has 0 heterocycles. The van der Waals surface area contributed by atoms with Crippen molar-refractivity contribution in [2.45, 2.75) is 18.1 Å². The van der Waals surface area contributed by atoms with Crippen LogP contribution in [0.25, 0.3) is 0 Å². The molecule has 2 aromatic carbocycles. The van der Waals surface area contributed by atoms with E-state index in [0.717, 1.165) is 6.42 Å². The molecular weight excluding hydrogens is 284 g/mol. The van der Waals surface area contributed by atoms with Crippen LogP contribution in [0.2, 0.25) is 0 Å². The zero-order chi connectivity index (χ0) is 14.9. The largest absolute Gasteiger partial charge is 0.398 e. The van der Waals surface area contributed by atoms with Gasteiger partial charge < -0.3 is 5.73 Å². The first kappa shape index (κ1) is 14.1. The van der Waals surface area contributed by atoms with E-state index >= 15 is 0 Å². The summed E-state index contributed by atoms with van der Waals surface area (Å²) in [4.78, 5) is 0. The first-order valence-corrected chi connectivity index (χ1v) is 8.59. The van der Waals surface area contributed by atoms with E-state index in [9.17, 15) is 8.42 Å². The molecule has 0 bridgehead atoms. The van der Waals surface area contributed by atoms with Crippen molar-refractivity contribution in [1.29, 1.82) is 0 Å². The zero-order valence-corrected chi connectivity index (χ0v) is 12.4. The lowest BCUT2D eigenvalue weighted by molar-refractivity contribution is 0.551. The number of fused-ring (bicyclic) bond motifs is 1. The molecule has 0 radical (unpaired) electrons. The lowest BCUT2D eigenvalue weighted by Crippen LogP contribution is -2.34. The third-order valence-electron chi connectivity index (χ3n) is 3.91. The van der Waals surface area contributed by atoms with Crippen LogP contribution in [0.5, 0.6) is 0 Å². The molecule has 1 aliphatic rings. The molecule has 0 aliphatic heterocycles. The van der Waals surface area contributed by atoms with Gasteiger partial charge in [0.05, 0.1) is 5.75 Å². The first-order valence-electron chi connectivity index (χ1n) is 6.94. The van der Waals surface area contributed by atoms with Gasteiger partial charge in [-0.3, -0.25) is 0 Å². The average molecular weight is 302 g/mol. The van der Waals surface area contributed by atoms with Crippen molar-refractivity contribution in [2.24, 2.45) is 0 Å². The van der Waals surface area contributed by atoms with Crippen molar-refractivity contribution in [1.82, 2.24) is 4.72 Å². The van der Waals surface area contributed by atoms with E-state index in [1.807, 2.05) is 12.1 Å². The summed E-state index contributed by atoms with van der Waals surface area (Å²) in [6.07, 6.45) is 0.937. The van der Waals surface area contributed by atoms with Crippen molar-refractivity contribution in [3.63, 3.8) is 0 Å². The smallest absolute Gasteiger partial charge is 0.215 e. The molecule has 0 saturated carbocycles. The van der Waals surface area contributed by atoms with Crippen LogP contribution in [0, 0.1) is 0 Å². The Hall–Kier alpha value is -1.85. The number of sulfonamides is 1. The van der Waals surface area contributed by atoms with E-state index in [2.05, 4.69) is 16.9 Å². The summed E-state index contributed by atoms with van der Waals surface area (Å²) in [6, 6.07) is 15.2. The number of nitrogens with one attached hydrogen (secondary N) is 1. The summed E-state index contributed by atoms with van der Waals surface area (Å²) in [7, 11) is -3.36. The molecule has 4 nitrogen and oxygen atoms in total. The van der Waals surface area contributed by atoms with E-state index in [4.69, 9.17) is 5.73 Å². The molecule has 1 aliphatic carbocycles. The fourth-order valence-electron chi connectivity index (χ4n) is 2.69. The van der Waals surface area contributed by atoms with E-state index in [1.54, 1.807) is 24.3 Å². The quantitative estimate of drug-likeness (QED) is 0.830. The van der Waals surface area contributed by atoms with E-state index in [-0.39, 0.29) is 11.7 Å². The summed E-state index contributed by atoms with van der Waals surface area (Å²) in [5.41, 5.74) is 9.50. The predicted molar refractivity (Wildman–Crippen MR) is 84.4 cm³/mol. The number of rotatable bonds is 5. The van der Waals surface area contributed by atoms with Crippen molar-refractivity contribution in [3.05, 3.63) is 65.2 Å². The maximum atomic E-state index is 12.1. The van der Waals surface area contributed by atoms with Gasteiger partial charge in [-0.25, -0.2) is 13.1 Å². The van der Waals surface area contributed by atoms with Gasteiger partial charge in [-0.15, -0.1) is 0 Å². The van der Waals surface area contributed by atoms with Crippen LogP contribution in [0.15, 0.2) is 48.5 Å². The van der Waals surface area contributed by atoms with Crippen LogP contribution in [-0.4, -0.2) is 15.0 Å². The van der Waals surface area contributed by atoms with Gasteiger partial charge in [-0.1, -0.05) is 42.5 Å². The Kier molecular flexibility index (Phi) is 3.69. The lowest BCUT2D eigenvalue weighted by Gasteiger charge is -2.30. The number of para-hydroxylation sites is 1. The minimum atomic E-state index is -3.36. The number of nitrogens with two attached hydrogens (primary N) is 1. The summed E-state index contributed by atoms with van der Waals surface area (Å²) < 4.78 is 27.0. The predicted octanol–water partition coefficient (Wildman–Crippen LogP) is 2.03. The topological polar surface area (TPSA) is 72.2 Å². The van der Waals surface area contributed by atoms with Gasteiger partial charge in [0, 0.05) is 18.2 Å². The normalized spacial score (nSPS) is 17.0. The highest BCUT2D eigenvalue weighted by Gasteiger charge is 2.26. The highest BCUT2D eigenvalue weighted by Crippen LogP contribution is 2.34. The third-order valence-corrected chi connectivity index (χ3v) is 5.21. The number of hydrogen-bond donors (Lipinski definition) is 2. The van der Waals surface area contributed by atoms with Crippen molar-refractivity contribution in [3.8, 4) is 0 Å². The van der Waals surface area contributed by atoms with Gasteiger partial charge in [0.2, 0.25) is 10.0 Å². The van der Waals surface area contributed by atoms with Gasteiger partial charge in [0.25, 0.3) is 0 Å². The number of hydrogen-bond acceptors (Lipinski definition) is 3. The van der Waals surface area contributed by atoms with E-state index < -0.39 is 10.0 Å². The van der Waals surface area contributed by atoms with Crippen molar-refractivity contribution in [2.75, 3.05) is 12.3 Å². The van der Waals surface area contributed by atoms with Gasteiger partial charge >= 0.3 is 0 Å². The Morgan fingerprint density at radius 3 is 2.57 bits per heavy atom. The molecule has 21 heavy (non-hydrogen) atoms. The maximum Gasteiger partial charge on any atom is 0.215 e. The monoisotopic (exact) mass is 302 g/mol. The molecule has 1 atom stereocenters. The Bertz CT molecular complexity index is 756. The zero-order valence-electron chi connectivity index (χ0n) is 11.6. The van der Waals surface area contributed by atoms with Crippen molar-refractivity contribution >= 4 is 15.7 Å². The van der Waals surface area contributed by atoms with Crippen LogP contribution >= 0.6 is 0 Å². The Balaban J connectivity index is 1.62. The van der Waals surface area contributed by atoms with Gasteiger partial charge in [0.15, 0.2) is 0 Å². The van der Waals surface area contributed by atoms with Crippen LogP contribution in [0.1, 0.15) is 22.6 Å². The van der Waals surface area contributed by atoms with E-state index in [0.29, 0.717) is 17.8 Å². The molecule has 5 heteroatoms. The van der Waals surface area contributed by atoms with E-state index in [1.165, 1.54) is 11.1 Å². The molecule has 110 valence electrons. The van der Waals surface area contributed by atoms with Crippen molar-refractivity contribution < 1.29 is 8.42 Å². The third kappa shape index (κ3) is 3.09. The Labute approximate surface area is 125 Å². The van der Waals surface area contributed by atoms with Crippen LogP contribution in [0.3, 0.4) is 0 Å². The number of nitrogen functional groups attached to an aromatic ring is 1.